The number of ether oxygens (including phenoxy) is 2. The number of benzene rings is 2. The van der Waals surface area contributed by atoms with Crippen molar-refractivity contribution in [2.45, 2.75) is 13.0 Å². The Morgan fingerprint density at radius 1 is 1.17 bits per heavy atom. The zero-order valence-electron chi connectivity index (χ0n) is 12.9. The monoisotopic (exact) mass is 394 g/mol. The zero-order valence-corrected chi connectivity index (χ0v) is 14.5. The fraction of sp³-hybridized carbons (Fsp3) is 0.235. The minimum absolute atomic E-state index is 0.262. The molecule has 2 amide bonds. The maximum atomic E-state index is 13.0. The van der Waals surface area contributed by atoms with E-state index in [4.69, 9.17) is 9.47 Å². The normalized spacial score (nSPS) is 14.0. The number of carbonyl (C=O) groups is 1. The molecule has 0 aromatic heterocycles. The van der Waals surface area contributed by atoms with E-state index in [1.807, 2.05) is 6.92 Å². The first-order chi connectivity index (χ1) is 11.5. The predicted octanol–water partition coefficient (Wildman–Crippen LogP) is 4.24. The molecule has 0 aliphatic carbocycles. The number of rotatable bonds is 3. The van der Waals surface area contributed by atoms with E-state index in [9.17, 15) is 9.18 Å². The fourth-order valence-corrected chi connectivity index (χ4v) is 2.77. The van der Waals surface area contributed by atoms with Gasteiger partial charge in [0.05, 0.1) is 11.7 Å². The molecule has 0 saturated carbocycles. The standard InChI is InChI=1S/C17H16BrFN2O3/c1-10(11-2-4-12(19)5-3-11)20-17(22)21-14-9-16-15(8-13(14)18)23-6-7-24-16/h2-5,8-10H,6-7H2,1H3,(H2,20,21,22)/t10-/m1/s1. The van der Waals surface area contributed by atoms with Gasteiger partial charge in [0, 0.05) is 16.6 Å². The smallest absolute Gasteiger partial charge is 0.319 e. The van der Waals surface area contributed by atoms with E-state index in [-0.39, 0.29) is 17.9 Å². The second kappa shape index (κ2) is 7.09. The quantitative estimate of drug-likeness (QED) is 0.818. The Morgan fingerprint density at radius 3 is 2.46 bits per heavy atom. The van der Waals surface area contributed by atoms with E-state index in [1.54, 1.807) is 24.3 Å². The van der Waals surface area contributed by atoms with Gasteiger partial charge in [0.25, 0.3) is 0 Å². The highest BCUT2D eigenvalue weighted by Gasteiger charge is 2.17. The summed E-state index contributed by atoms with van der Waals surface area (Å²) >= 11 is 3.40. The van der Waals surface area contributed by atoms with E-state index < -0.39 is 0 Å². The molecule has 2 N–H and O–H groups in total. The second-order valence-corrected chi connectivity index (χ2v) is 6.20. The third-order valence-electron chi connectivity index (χ3n) is 3.60. The Morgan fingerprint density at radius 2 is 1.79 bits per heavy atom. The van der Waals surface area contributed by atoms with E-state index in [0.29, 0.717) is 34.9 Å². The van der Waals surface area contributed by atoms with Crippen LogP contribution in [0.5, 0.6) is 11.5 Å². The van der Waals surface area contributed by atoms with Crippen molar-refractivity contribution < 1.29 is 18.7 Å². The van der Waals surface area contributed by atoms with E-state index >= 15 is 0 Å². The summed E-state index contributed by atoms with van der Waals surface area (Å²) in [6.45, 7) is 2.80. The lowest BCUT2D eigenvalue weighted by Crippen LogP contribution is -2.31. The van der Waals surface area contributed by atoms with Crippen LogP contribution in [-0.2, 0) is 0 Å². The Kier molecular flexibility index (Phi) is 4.89. The number of fused-ring (bicyclic) bond motifs is 1. The van der Waals surface area contributed by atoms with Gasteiger partial charge in [-0.25, -0.2) is 9.18 Å². The lowest BCUT2D eigenvalue weighted by Gasteiger charge is -2.20. The number of urea groups is 1. The molecule has 7 heteroatoms. The molecule has 0 saturated heterocycles. The van der Waals surface area contributed by atoms with E-state index in [0.717, 1.165) is 5.56 Å². The van der Waals surface area contributed by atoms with Crippen molar-refractivity contribution in [3.8, 4) is 11.5 Å². The average Bonchev–Trinajstić information content (AvgIpc) is 2.56. The van der Waals surface area contributed by atoms with Crippen LogP contribution in [0.2, 0.25) is 0 Å². The fourth-order valence-electron chi connectivity index (χ4n) is 2.35. The van der Waals surface area contributed by atoms with Crippen LogP contribution in [0.4, 0.5) is 14.9 Å². The van der Waals surface area contributed by atoms with Crippen LogP contribution in [0.25, 0.3) is 0 Å². The topological polar surface area (TPSA) is 59.6 Å². The number of amides is 2. The van der Waals surface area contributed by atoms with Crippen LogP contribution in [0.1, 0.15) is 18.5 Å². The van der Waals surface area contributed by atoms with Crippen molar-refractivity contribution in [1.29, 1.82) is 0 Å². The molecular formula is C17H16BrFN2O3. The van der Waals surface area contributed by atoms with Gasteiger partial charge in [0.2, 0.25) is 0 Å². The van der Waals surface area contributed by atoms with Gasteiger partial charge >= 0.3 is 6.03 Å². The molecule has 0 spiro atoms. The number of carbonyl (C=O) groups excluding carboxylic acids is 1. The SMILES string of the molecule is C[C@@H](NC(=O)Nc1cc2c(cc1Br)OCCO2)c1ccc(F)cc1. The molecule has 24 heavy (non-hydrogen) atoms. The van der Waals surface area contributed by atoms with E-state index in [1.165, 1.54) is 12.1 Å². The minimum Gasteiger partial charge on any atom is -0.486 e. The summed E-state index contributed by atoms with van der Waals surface area (Å²) in [7, 11) is 0. The molecule has 1 aliphatic heterocycles. The van der Waals surface area contributed by atoms with Crippen molar-refractivity contribution in [3.05, 3.63) is 52.3 Å². The highest BCUT2D eigenvalue weighted by atomic mass is 79.9. The Balaban J connectivity index is 1.67. The first kappa shape index (κ1) is 16.6. The molecule has 1 heterocycles. The largest absolute Gasteiger partial charge is 0.486 e. The van der Waals surface area contributed by atoms with Gasteiger partial charge in [-0.05, 0) is 40.5 Å². The zero-order chi connectivity index (χ0) is 17.1. The molecular weight excluding hydrogens is 379 g/mol. The van der Waals surface area contributed by atoms with Crippen molar-refractivity contribution in [3.63, 3.8) is 0 Å². The van der Waals surface area contributed by atoms with Crippen LogP contribution in [0, 0.1) is 5.82 Å². The molecule has 1 atom stereocenters. The first-order valence-corrected chi connectivity index (χ1v) is 8.24. The summed E-state index contributed by atoms with van der Waals surface area (Å²) in [5, 5.41) is 5.57. The van der Waals surface area contributed by atoms with Crippen molar-refractivity contribution in [2.24, 2.45) is 0 Å². The predicted molar refractivity (Wildman–Crippen MR) is 92.1 cm³/mol. The van der Waals surface area contributed by atoms with Gasteiger partial charge in [-0.1, -0.05) is 12.1 Å². The third-order valence-corrected chi connectivity index (χ3v) is 4.25. The highest BCUT2D eigenvalue weighted by molar-refractivity contribution is 9.10. The lowest BCUT2D eigenvalue weighted by atomic mass is 10.1. The molecule has 3 rings (SSSR count). The maximum absolute atomic E-state index is 13.0. The third kappa shape index (κ3) is 3.79. The van der Waals surface area contributed by atoms with Crippen molar-refractivity contribution in [2.75, 3.05) is 18.5 Å². The van der Waals surface area contributed by atoms with Gasteiger partial charge in [0.1, 0.15) is 19.0 Å². The van der Waals surface area contributed by atoms with Gasteiger partial charge in [-0.2, -0.15) is 0 Å². The molecule has 0 unspecified atom stereocenters. The number of hydrogen-bond donors (Lipinski definition) is 2. The van der Waals surface area contributed by atoms with Gasteiger partial charge in [-0.15, -0.1) is 0 Å². The first-order valence-electron chi connectivity index (χ1n) is 7.45. The molecule has 2 aromatic rings. The van der Waals surface area contributed by atoms with Gasteiger partial charge in [-0.3, -0.25) is 0 Å². The minimum atomic E-state index is -0.371. The Bertz CT molecular complexity index is 752. The Hall–Kier alpha value is -2.28. The Labute approximate surface area is 147 Å². The van der Waals surface area contributed by atoms with Crippen molar-refractivity contribution >= 4 is 27.6 Å². The van der Waals surface area contributed by atoms with Crippen LogP contribution < -0.4 is 20.1 Å². The summed E-state index contributed by atoms with van der Waals surface area (Å²) in [5.74, 6) is 0.917. The van der Waals surface area contributed by atoms with Crippen LogP contribution in [-0.4, -0.2) is 19.2 Å². The summed E-state index contributed by atoms with van der Waals surface area (Å²) in [6.07, 6.45) is 0. The number of nitrogens with one attached hydrogen (secondary N) is 2. The van der Waals surface area contributed by atoms with Crippen LogP contribution in [0.15, 0.2) is 40.9 Å². The average molecular weight is 395 g/mol. The molecule has 1 aliphatic rings. The molecule has 0 fully saturated rings. The summed E-state index contributed by atoms with van der Waals surface area (Å²) in [6, 6.07) is 8.84. The van der Waals surface area contributed by atoms with E-state index in [2.05, 4.69) is 26.6 Å². The number of halogens is 2. The van der Waals surface area contributed by atoms with Crippen LogP contribution >= 0.6 is 15.9 Å². The molecule has 0 bridgehead atoms. The van der Waals surface area contributed by atoms with Crippen LogP contribution in [0.3, 0.4) is 0 Å². The second-order valence-electron chi connectivity index (χ2n) is 5.35. The number of anilines is 1. The summed E-state index contributed by atoms with van der Waals surface area (Å²) in [4.78, 5) is 12.2. The summed E-state index contributed by atoms with van der Waals surface area (Å²) < 4.78 is 24.6. The molecule has 5 nitrogen and oxygen atoms in total. The molecule has 2 aromatic carbocycles. The van der Waals surface area contributed by atoms with Gasteiger partial charge in [0.15, 0.2) is 11.5 Å². The lowest BCUT2D eigenvalue weighted by molar-refractivity contribution is 0.171. The summed E-state index contributed by atoms with van der Waals surface area (Å²) in [5.41, 5.74) is 1.39. The van der Waals surface area contributed by atoms with Crippen molar-refractivity contribution in [1.82, 2.24) is 5.32 Å². The maximum Gasteiger partial charge on any atom is 0.319 e. The number of hydrogen-bond acceptors (Lipinski definition) is 3. The molecule has 126 valence electrons. The molecule has 0 radical (unpaired) electrons. The van der Waals surface area contributed by atoms with Gasteiger partial charge < -0.3 is 20.1 Å². The highest BCUT2D eigenvalue weighted by Crippen LogP contribution is 2.38.